The number of aliphatic hydroxyl groups excluding tert-OH is 1. The number of ether oxygens (including phenoxy) is 1. The Hall–Kier alpha value is -1.10. The molecule has 0 aliphatic heterocycles. The molecule has 2 aromatic rings. The number of hydrogen-bond donors (Lipinski definition) is 1. The Morgan fingerprint density at radius 1 is 1.53 bits per heavy atom. The summed E-state index contributed by atoms with van der Waals surface area (Å²) < 4.78 is 7.01. The van der Waals surface area contributed by atoms with Crippen molar-refractivity contribution in [2.24, 2.45) is 0 Å². The van der Waals surface area contributed by atoms with E-state index in [4.69, 9.17) is 16.3 Å². The average Bonchev–Trinajstić information content (AvgIpc) is 2.64. The van der Waals surface area contributed by atoms with E-state index in [9.17, 15) is 5.11 Å². The van der Waals surface area contributed by atoms with E-state index in [0.29, 0.717) is 24.0 Å². The van der Waals surface area contributed by atoms with E-state index >= 15 is 0 Å². The Morgan fingerprint density at radius 3 is 2.94 bits per heavy atom. The van der Waals surface area contributed by atoms with Gasteiger partial charge in [0.05, 0.1) is 17.6 Å². The number of imidazole rings is 1. The van der Waals surface area contributed by atoms with Crippen LogP contribution in [0.2, 0.25) is 5.02 Å². The van der Waals surface area contributed by atoms with Gasteiger partial charge in [-0.15, -0.1) is 0 Å². The van der Waals surface area contributed by atoms with Crippen molar-refractivity contribution in [3.05, 3.63) is 29.0 Å². The first-order valence-corrected chi connectivity index (χ1v) is 5.84. The maximum atomic E-state index is 9.72. The molecule has 0 spiro atoms. The van der Waals surface area contributed by atoms with Gasteiger partial charge in [0.1, 0.15) is 11.9 Å². The molecule has 0 aliphatic carbocycles. The molecule has 0 saturated carbocycles. The van der Waals surface area contributed by atoms with Crippen LogP contribution in [-0.4, -0.2) is 28.4 Å². The van der Waals surface area contributed by atoms with Crippen LogP contribution in [0.3, 0.4) is 0 Å². The third kappa shape index (κ3) is 2.44. The first kappa shape index (κ1) is 12.4. The second kappa shape index (κ2) is 5.04. The van der Waals surface area contributed by atoms with Gasteiger partial charge >= 0.3 is 0 Å². The number of aromatic nitrogens is 2. The van der Waals surface area contributed by atoms with Gasteiger partial charge in [-0.25, -0.2) is 4.98 Å². The summed E-state index contributed by atoms with van der Waals surface area (Å²) in [5.41, 5.74) is 1.76. The zero-order chi connectivity index (χ0) is 12.4. The molecule has 0 radical (unpaired) electrons. The molecule has 2 rings (SSSR count). The highest BCUT2D eigenvalue weighted by molar-refractivity contribution is 6.31. The van der Waals surface area contributed by atoms with E-state index < -0.39 is 6.10 Å². The van der Waals surface area contributed by atoms with Crippen LogP contribution >= 0.6 is 11.6 Å². The quantitative estimate of drug-likeness (QED) is 0.911. The van der Waals surface area contributed by atoms with Crippen LogP contribution in [0.25, 0.3) is 11.0 Å². The standard InChI is InChI=1S/C12H15ClN2O2/c1-8(16)12-14-10-4-3-9(13)7-11(10)15(12)5-6-17-2/h3-4,7-8,16H,5-6H2,1-2H3/t8-/m1/s1. The van der Waals surface area contributed by atoms with Crippen molar-refractivity contribution in [2.45, 2.75) is 19.6 Å². The Balaban J connectivity index is 2.56. The molecule has 1 atom stereocenters. The Kier molecular flexibility index (Phi) is 3.66. The van der Waals surface area contributed by atoms with Crippen LogP contribution in [0.1, 0.15) is 18.9 Å². The summed E-state index contributed by atoms with van der Waals surface area (Å²) in [7, 11) is 1.65. The number of halogens is 1. The molecule has 0 amide bonds. The molecule has 0 saturated heterocycles. The number of nitrogens with zero attached hydrogens (tertiary/aromatic N) is 2. The molecule has 5 heteroatoms. The molecule has 17 heavy (non-hydrogen) atoms. The fourth-order valence-corrected chi connectivity index (χ4v) is 2.02. The van der Waals surface area contributed by atoms with Crippen molar-refractivity contribution >= 4 is 22.6 Å². The topological polar surface area (TPSA) is 47.3 Å². The first-order valence-electron chi connectivity index (χ1n) is 5.46. The lowest BCUT2D eigenvalue weighted by atomic mass is 10.3. The van der Waals surface area contributed by atoms with E-state index in [-0.39, 0.29) is 0 Å². The van der Waals surface area contributed by atoms with Crippen LogP contribution in [0.15, 0.2) is 18.2 Å². The fourth-order valence-electron chi connectivity index (χ4n) is 1.85. The summed E-state index contributed by atoms with van der Waals surface area (Å²) in [6.45, 7) is 2.91. The molecule has 1 N–H and O–H groups in total. The van der Waals surface area contributed by atoms with Gasteiger partial charge in [-0.3, -0.25) is 0 Å². The highest BCUT2D eigenvalue weighted by Gasteiger charge is 2.14. The molecule has 0 bridgehead atoms. The molecular formula is C12H15ClN2O2. The molecule has 0 aliphatic rings. The molecule has 1 aromatic carbocycles. The van der Waals surface area contributed by atoms with Gasteiger partial charge in [0.15, 0.2) is 0 Å². The normalized spacial score (nSPS) is 13.2. The summed E-state index contributed by atoms with van der Waals surface area (Å²) in [5.74, 6) is 0.638. The van der Waals surface area contributed by atoms with E-state index in [1.54, 1.807) is 20.1 Å². The first-order chi connectivity index (χ1) is 8.13. The second-order valence-corrected chi connectivity index (χ2v) is 4.36. The van der Waals surface area contributed by atoms with Crippen LogP contribution in [0.4, 0.5) is 0 Å². The van der Waals surface area contributed by atoms with Gasteiger partial charge < -0.3 is 14.4 Å². The minimum absolute atomic E-state index is 0.567. The van der Waals surface area contributed by atoms with Crippen molar-refractivity contribution in [1.29, 1.82) is 0 Å². The number of aliphatic hydroxyl groups is 1. The van der Waals surface area contributed by atoms with Gasteiger partial charge in [0.25, 0.3) is 0 Å². The Labute approximate surface area is 105 Å². The van der Waals surface area contributed by atoms with Crippen LogP contribution < -0.4 is 0 Å². The number of fused-ring (bicyclic) bond motifs is 1. The number of methoxy groups -OCH3 is 1. The van der Waals surface area contributed by atoms with Crippen LogP contribution in [0.5, 0.6) is 0 Å². The average molecular weight is 255 g/mol. The maximum Gasteiger partial charge on any atom is 0.138 e. The highest BCUT2D eigenvalue weighted by Crippen LogP contribution is 2.23. The molecule has 92 valence electrons. The number of benzene rings is 1. The lowest BCUT2D eigenvalue weighted by Gasteiger charge is -2.10. The molecule has 1 heterocycles. The predicted molar refractivity (Wildman–Crippen MR) is 67.3 cm³/mol. The minimum Gasteiger partial charge on any atom is -0.385 e. The van der Waals surface area contributed by atoms with Crippen molar-refractivity contribution in [2.75, 3.05) is 13.7 Å². The summed E-state index contributed by atoms with van der Waals surface area (Å²) in [6, 6.07) is 5.50. The van der Waals surface area contributed by atoms with E-state index in [1.807, 2.05) is 16.7 Å². The van der Waals surface area contributed by atoms with Crippen molar-refractivity contribution in [1.82, 2.24) is 9.55 Å². The Bertz CT molecular complexity index is 522. The Morgan fingerprint density at radius 2 is 2.29 bits per heavy atom. The number of rotatable bonds is 4. The summed E-state index contributed by atoms with van der Waals surface area (Å²) in [5, 5.41) is 10.4. The second-order valence-electron chi connectivity index (χ2n) is 3.92. The molecule has 4 nitrogen and oxygen atoms in total. The smallest absolute Gasteiger partial charge is 0.138 e. The lowest BCUT2D eigenvalue weighted by molar-refractivity contribution is 0.167. The van der Waals surface area contributed by atoms with Crippen molar-refractivity contribution in [3.8, 4) is 0 Å². The molecular weight excluding hydrogens is 240 g/mol. The molecule has 1 aromatic heterocycles. The lowest BCUT2D eigenvalue weighted by Crippen LogP contribution is -2.10. The fraction of sp³-hybridized carbons (Fsp3) is 0.417. The van der Waals surface area contributed by atoms with Gasteiger partial charge in [0.2, 0.25) is 0 Å². The zero-order valence-electron chi connectivity index (χ0n) is 9.85. The van der Waals surface area contributed by atoms with Crippen molar-refractivity contribution < 1.29 is 9.84 Å². The highest BCUT2D eigenvalue weighted by atomic mass is 35.5. The zero-order valence-corrected chi connectivity index (χ0v) is 10.6. The molecule has 0 unspecified atom stereocenters. The van der Waals surface area contributed by atoms with Gasteiger partial charge in [0, 0.05) is 18.7 Å². The van der Waals surface area contributed by atoms with Crippen LogP contribution in [-0.2, 0) is 11.3 Å². The summed E-state index contributed by atoms with van der Waals surface area (Å²) >= 11 is 5.98. The van der Waals surface area contributed by atoms with Gasteiger partial charge in [-0.1, -0.05) is 11.6 Å². The third-order valence-electron chi connectivity index (χ3n) is 2.63. The van der Waals surface area contributed by atoms with E-state index in [2.05, 4.69) is 4.98 Å². The number of hydrogen-bond acceptors (Lipinski definition) is 3. The summed E-state index contributed by atoms with van der Waals surface area (Å²) in [6.07, 6.45) is -0.613. The SMILES string of the molecule is COCCn1c([C@@H](C)O)nc2ccc(Cl)cc21. The van der Waals surface area contributed by atoms with Gasteiger partial charge in [-0.05, 0) is 25.1 Å². The predicted octanol–water partition coefficient (Wildman–Crippen LogP) is 2.39. The van der Waals surface area contributed by atoms with E-state index in [0.717, 1.165) is 11.0 Å². The van der Waals surface area contributed by atoms with Crippen LogP contribution in [0, 0.1) is 0 Å². The molecule has 0 fully saturated rings. The summed E-state index contributed by atoms with van der Waals surface area (Å²) in [4.78, 5) is 4.40. The minimum atomic E-state index is -0.613. The van der Waals surface area contributed by atoms with E-state index in [1.165, 1.54) is 0 Å². The largest absolute Gasteiger partial charge is 0.385 e. The third-order valence-corrected chi connectivity index (χ3v) is 2.87. The van der Waals surface area contributed by atoms with Crippen molar-refractivity contribution in [3.63, 3.8) is 0 Å². The monoisotopic (exact) mass is 254 g/mol. The maximum absolute atomic E-state index is 9.72. The van der Waals surface area contributed by atoms with Gasteiger partial charge in [-0.2, -0.15) is 0 Å².